The van der Waals surface area contributed by atoms with Crippen LogP contribution in [0.4, 0.5) is 0 Å². The highest BCUT2D eigenvalue weighted by molar-refractivity contribution is 5.92. The predicted octanol–water partition coefficient (Wildman–Crippen LogP) is 0.337. The molecule has 0 aromatic carbocycles. The summed E-state index contributed by atoms with van der Waals surface area (Å²) < 4.78 is 0. The first-order chi connectivity index (χ1) is 5.61. The van der Waals surface area contributed by atoms with Crippen molar-refractivity contribution >= 4 is 5.91 Å². The fourth-order valence-electron chi connectivity index (χ4n) is 1.28. The highest BCUT2D eigenvalue weighted by Crippen LogP contribution is 2.03. The third-order valence-electron chi connectivity index (χ3n) is 2.16. The molecule has 3 heteroatoms. The summed E-state index contributed by atoms with van der Waals surface area (Å²) in [6, 6.07) is 0. The van der Waals surface area contributed by atoms with E-state index in [2.05, 4.69) is 18.5 Å². The second kappa shape index (κ2) is 3.72. The van der Waals surface area contributed by atoms with Crippen molar-refractivity contribution < 1.29 is 4.79 Å². The van der Waals surface area contributed by atoms with Gasteiger partial charge in [-0.1, -0.05) is 6.58 Å². The molecule has 3 nitrogen and oxygen atoms in total. The average molecular weight is 168 g/mol. The zero-order chi connectivity index (χ0) is 9.14. The largest absolute Gasteiger partial charge is 0.336 e. The molecule has 0 bridgehead atoms. The molecule has 0 N–H and O–H groups in total. The van der Waals surface area contributed by atoms with Crippen molar-refractivity contribution in [1.82, 2.24) is 9.80 Å². The lowest BCUT2D eigenvalue weighted by molar-refractivity contribution is -0.128. The Morgan fingerprint density at radius 2 is 1.75 bits per heavy atom. The summed E-state index contributed by atoms with van der Waals surface area (Å²) in [7, 11) is 2.07. The van der Waals surface area contributed by atoms with Gasteiger partial charge in [-0.2, -0.15) is 0 Å². The lowest BCUT2D eigenvalue weighted by atomic mass is 10.2. The van der Waals surface area contributed by atoms with E-state index in [1.54, 1.807) is 6.92 Å². The van der Waals surface area contributed by atoms with Crippen LogP contribution in [-0.4, -0.2) is 48.9 Å². The van der Waals surface area contributed by atoms with E-state index in [0.29, 0.717) is 5.57 Å². The number of likely N-dealkylation sites (N-methyl/N-ethyl adjacent to an activating group) is 1. The van der Waals surface area contributed by atoms with E-state index in [1.165, 1.54) is 0 Å². The molecule has 1 aliphatic heterocycles. The van der Waals surface area contributed by atoms with Gasteiger partial charge in [0.1, 0.15) is 0 Å². The SMILES string of the molecule is C=C(C)C(=O)N1CCN(C)CC1. The molecule has 1 amide bonds. The van der Waals surface area contributed by atoms with Crippen molar-refractivity contribution in [3.8, 4) is 0 Å². The summed E-state index contributed by atoms with van der Waals surface area (Å²) >= 11 is 0. The van der Waals surface area contributed by atoms with Gasteiger partial charge in [-0.3, -0.25) is 4.79 Å². The predicted molar refractivity (Wildman–Crippen MR) is 48.9 cm³/mol. The van der Waals surface area contributed by atoms with Gasteiger partial charge in [0.25, 0.3) is 0 Å². The summed E-state index contributed by atoms with van der Waals surface area (Å²) in [6.07, 6.45) is 0. The van der Waals surface area contributed by atoms with Gasteiger partial charge in [-0.25, -0.2) is 0 Å². The molecule has 1 heterocycles. The first kappa shape index (κ1) is 9.26. The molecule has 0 spiro atoms. The van der Waals surface area contributed by atoms with Crippen LogP contribution in [0, 0.1) is 0 Å². The molecule has 0 aromatic rings. The molecular formula is C9H16N2O. The molecule has 0 saturated carbocycles. The molecule has 1 fully saturated rings. The van der Waals surface area contributed by atoms with Crippen molar-refractivity contribution in [2.24, 2.45) is 0 Å². The van der Waals surface area contributed by atoms with E-state index in [9.17, 15) is 4.79 Å². The van der Waals surface area contributed by atoms with Crippen LogP contribution in [0.25, 0.3) is 0 Å². The van der Waals surface area contributed by atoms with Gasteiger partial charge < -0.3 is 9.80 Å². The number of nitrogens with zero attached hydrogens (tertiary/aromatic N) is 2. The molecule has 12 heavy (non-hydrogen) atoms. The number of carbonyl (C=O) groups is 1. The van der Waals surface area contributed by atoms with Crippen LogP contribution in [0.3, 0.4) is 0 Å². The lowest BCUT2D eigenvalue weighted by Gasteiger charge is -2.32. The standard InChI is InChI=1S/C9H16N2O/c1-8(2)9(12)11-6-4-10(3)5-7-11/h1,4-7H2,2-3H3. The van der Waals surface area contributed by atoms with Gasteiger partial charge in [0, 0.05) is 31.8 Å². The molecule has 0 radical (unpaired) electrons. The lowest BCUT2D eigenvalue weighted by Crippen LogP contribution is -2.47. The maximum absolute atomic E-state index is 11.4. The Morgan fingerprint density at radius 1 is 1.25 bits per heavy atom. The van der Waals surface area contributed by atoms with Crippen LogP contribution in [0.1, 0.15) is 6.92 Å². The minimum atomic E-state index is 0.100. The molecule has 1 aliphatic rings. The summed E-state index contributed by atoms with van der Waals surface area (Å²) in [5, 5.41) is 0. The minimum absolute atomic E-state index is 0.100. The van der Waals surface area contributed by atoms with Crippen LogP contribution < -0.4 is 0 Å². The van der Waals surface area contributed by atoms with E-state index in [4.69, 9.17) is 0 Å². The van der Waals surface area contributed by atoms with Gasteiger partial charge in [0.15, 0.2) is 0 Å². The van der Waals surface area contributed by atoms with Crippen molar-refractivity contribution in [3.05, 3.63) is 12.2 Å². The normalized spacial score (nSPS) is 19.3. The third-order valence-corrected chi connectivity index (χ3v) is 2.16. The van der Waals surface area contributed by atoms with Crippen LogP contribution in [0.5, 0.6) is 0 Å². The molecule has 0 unspecified atom stereocenters. The van der Waals surface area contributed by atoms with E-state index in [-0.39, 0.29) is 5.91 Å². The topological polar surface area (TPSA) is 23.6 Å². The zero-order valence-corrected chi connectivity index (χ0v) is 7.84. The quantitative estimate of drug-likeness (QED) is 0.527. The fourth-order valence-corrected chi connectivity index (χ4v) is 1.28. The first-order valence-electron chi connectivity index (χ1n) is 4.24. The van der Waals surface area contributed by atoms with Crippen LogP contribution in [-0.2, 0) is 4.79 Å². The molecule has 0 aromatic heterocycles. The summed E-state index contributed by atoms with van der Waals surface area (Å²) in [5.41, 5.74) is 0.638. The molecular weight excluding hydrogens is 152 g/mol. The highest BCUT2D eigenvalue weighted by atomic mass is 16.2. The van der Waals surface area contributed by atoms with Gasteiger partial charge in [0.05, 0.1) is 0 Å². The number of rotatable bonds is 1. The Hall–Kier alpha value is -0.830. The Balaban J connectivity index is 2.44. The smallest absolute Gasteiger partial charge is 0.248 e. The van der Waals surface area contributed by atoms with E-state index in [1.807, 2.05) is 4.90 Å². The third kappa shape index (κ3) is 2.08. The summed E-state index contributed by atoms with van der Waals surface area (Å²) in [4.78, 5) is 15.5. The van der Waals surface area contributed by atoms with Gasteiger partial charge in [0.2, 0.25) is 5.91 Å². The van der Waals surface area contributed by atoms with Crippen LogP contribution in [0.15, 0.2) is 12.2 Å². The Kier molecular flexibility index (Phi) is 2.87. The Bertz CT molecular complexity index is 193. The number of piperazine rings is 1. The van der Waals surface area contributed by atoms with Gasteiger partial charge in [-0.05, 0) is 14.0 Å². The van der Waals surface area contributed by atoms with Crippen LogP contribution >= 0.6 is 0 Å². The second-order valence-corrected chi connectivity index (χ2v) is 3.38. The Labute approximate surface area is 73.6 Å². The number of hydrogen-bond acceptors (Lipinski definition) is 2. The molecule has 0 aliphatic carbocycles. The molecule has 68 valence electrons. The van der Waals surface area contributed by atoms with Gasteiger partial charge >= 0.3 is 0 Å². The van der Waals surface area contributed by atoms with E-state index < -0.39 is 0 Å². The monoisotopic (exact) mass is 168 g/mol. The summed E-state index contributed by atoms with van der Waals surface area (Å²) in [6.45, 7) is 9.02. The maximum atomic E-state index is 11.4. The molecule has 0 atom stereocenters. The fraction of sp³-hybridized carbons (Fsp3) is 0.667. The first-order valence-corrected chi connectivity index (χ1v) is 4.24. The average Bonchev–Trinajstić information content (AvgIpc) is 2.04. The van der Waals surface area contributed by atoms with Crippen LogP contribution in [0.2, 0.25) is 0 Å². The van der Waals surface area contributed by atoms with Crippen molar-refractivity contribution in [1.29, 1.82) is 0 Å². The van der Waals surface area contributed by atoms with Crippen molar-refractivity contribution in [3.63, 3.8) is 0 Å². The maximum Gasteiger partial charge on any atom is 0.248 e. The van der Waals surface area contributed by atoms with Gasteiger partial charge in [-0.15, -0.1) is 0 Å². The number of carbonyl (C=O) groups excluding carboxylic acids is 1. The second-order valence-electron chi connectivity index (χ2n) is 3.38. The molecule has 1 saturated heterocycles. The Morgan fingerprint density at radius 3 is 2.17 bits per heavy atom. The number of amides is 1. The number of hydrogen-bond donors (Lipinski definition) is 0. The zero-order valence-electron chi connectivity index (χ0n) is 7.84. The van der Waals surface area contributed by atoms with E-state index in [0.717, 1.165) is 26.2 Å². The highest BCUT2D eigenvalue weighted by Gasteiger charge is 2.18. The van der Waals surface area contributed by atoms with Crippen molar-refractivity contribution in [2.45, 2.75) is 6.92 Å². The van der Waals surface area contributed by atoms with E-state index >= 15 is 0 Å². The summed E-state index contributed by atoms with van der Waals surface area (Å²) in [5.74, 6) is 0.100. The van der Waals surface area contributed by atoms with Crippen molar-refractivity contribution in [2.75, 3.05) is 33.2 Å². The molecule has 1 rings (SSSR count). The minimum Gasteiger partial charge on any atom is -0.336 e.